The van der Waals surface area contributed by atoms with Crippen LogP contribution in [0.4, 0.5) is 13.2 Å². The minimum Gasteiger partial charge on any atom is -0.503 e. The standard InChI is InChI=1S/C21H16F3N3O5/c22-9-3-14(23)12(15(24)4-9)6-25-20(30)13-7-26-8-16-27(10-1-2-11(5-10)32-16)21(31)17(26)19(29)18(13)28/h2-4,7,10,16,29H,1,5-6,8H2,(H,25,30)/t10-,16+/m0/s1. The van der Waals surface area contributed by atoms with Crippen molar-refractivity contribution in [1.29, 1.82) is 0 Å². The number of hydrogen-bond acceptors (Lipinski definition) is 5. The highest BCUT2D eigenvalue weighted by Gasteiger charge is 2.45. The Balaban J connectivity index is 1.44. The molecule has 11 heteroatoms. The number of nitrogens with one attached hydrogen (secondary N) is 1. The number of halogens is 3. The second-order valence-electron chi connectivity index (χ2n) is 7.80. The lowest BCUT2D eigenvalue weighted by molar-refractivity contribution is -0.0723. The van der Waals surface area contributed by atoms with Gasteiger partial charge in [-0.05, 0) is 12.5 Å². The highest BCUT2D eigenvalue weighted by Crippen LogP contribution is 2.37. The van der Waals surface area contributed by atoms with E-state index in [1.165, 1.54) is 9.47 Å². The van der Waals surface area contributed by atoms with Gasteiger partial charge in [0.05, 0.1) is 12.3 Å². The van der Waals surface area contributed by atoms with Gasteiger partial charge < -0.3 is 19.7 Å². The van der Waals surface area contributed by atoms with Gasteiger partial charge in [0.15, 0.2) is 17.7 Å². The fraction of sp³-hybridized carbons (Fsp3) is 0.286. The van der Waals surface area contributed by atoms with Gasteiger partial charge >= 0.3 is 0 Å². The lowest BCUT2D eigenvalue weighted by Gasteiger charge is -2.43. The molecule has 1 aromatic heterocycles. The second kappa shape index (κ2) is 7.14. The molecule has 1 aromatic carbocycles. The van der Waals surface area contributed by atoms with Crippen LogP contribution in [0.25, 0.3) is 0 Å². The van der Waals surface area contributed by atoms with Crippen molar-refractivity contribution in [1.82, 2.24) is 14.8 Å². The average Bonchev–Trinajstić information content (AvgIpc) is 3.10. The van der Waals surface area contributed by atoms with E-state index < -0.39 is 64.3 Å². The lowest BCUT2D eigenvalue weighted by Crippen LogP contribution is -2.56. The van der Waals surface area contributed by atoms with Crippen LogP contribution in [0.5, 0.6) is 5.75 Å². The van der Waals surface area contributed by atoms with Gasteiger partial charge in [-0.25, -0.2) is 13.2 Å². The molecule has 0 spiro atoms. The van der Waals surface area contributed by atoms with Gasteiger partial charge in [-0.15, -0.1) is 0 Å². The van der Waals surface area contributed by atoms with Crippen LogP contribution in [0.3, 0.4) is 0 Å². The smallest absolute Gasteiger partial charge is 0.277 e. The first-order valence-corrected chi connectivity index (χ1v) is 9.81. The molecule has 0 unspecified atom stereocenters. The zero-order valence-corrected chi connectivity index (χ0v) is 16.4. The van der Waals surface area contributed by atoms with Gasteiger partial charge in [-0.2, -0.15) is 0 Å². The first kappa shape index (κ1) is 20.2. The molecule has 1 saturated heterocycles. The van der Waals surface area contributed by atoms with Crippen LogP contribution in [0.15, 0.2) is 35.0 Å². The zero-order chi connectivity index (χ0) is 22.7. The summed E-state index contributed by atoms with van der Waals surface area (Å²) in [4.78, 5) is 39.6. The van der Waals surface area contributed by atoms with Crippen molar-refractivity contribution in [3.63, 3.8) is 0 Å². The normalized spacial score (nSPS) is 20.9. The van der Waals surface area contributed by atoms with Gasteiger partial charge in [0.2, 0.25) is 5.43 Å². The third kappa shape index (κ3) is 3.03. The molecule has 3 heterocycles. The van der Waals surface area contributed by atoms with Crippen molar-refractivity contribution in [2.24, 2.45) is 0 Å². The number of benzene rings is 1. The molecule has 2 atom stereocenters. The van der Waals surface area contributed by atoms with E-state index in [2.05, 4.69) is 5.32 Å². The van der Waals surface area contributed by atoms with Gasteiger partial charge in [-0.1, -0.05) is 0 Å². The molecule has 0 radical (unpaired) electrons. The predicted octanol–water partition coefficient (Wildman–Crippen LogP) is 1.76. The van der Waals surface area contributed by atoms with E-state index in [4.69, 9.17) is 4.74 Å². The summed E-state index contributed by atoms with van der Waals surface area (Å²) >= 11 is 0. The van der Waals surface area contributed by atoms with Crippen LogP contribution in [-0.4, -0.2) is 38.7 Å². The van der Waals surface area contributed by atoms with Crippen LogP contribution in [0, 0.1) is 17.5 Å². The third-order valence-corrected chi connectivity index (χ3v) is 5.87. The number of aromatic nitrogens is 1. The van der Waals surface area contributed by atoms with Crippen molar-refractivity contribution >= 4 is 11.8 Å². The number of aromatic hydroxyl groups is 1. The summed E-state index contributed by atoms with van der Waals surface area (Å²) in [5.74, 6) is -5.24. The summed E-state index contributed by atoms with van der Waals surface area (Å²) in [6, 6.07) is 0.811. The molecule has 2 aliphatic heterocycles. The van der Waals surface area contributed by atoms with Crippen molar-refractivity contribution in [2.75, 3.05) is 0 Å². The second-order valence-corrected chi connectivity index (χ2v) is 7.80. The van der Waals surface area contributed by atoms with E-state index in [-0.39, 0.29) is 18.3 Å². The SMILES string of the molecule is O=C(NCc1c(F)cc(F)cc1F)c1cn2c(c(O)c1=O)C(=O)N1[C@H]3CC=C(C3)O[C@@H]1C2. The van der Waals surface area contributed by atoms with Crippen molar-refractivity contribution in [3.05, 3.63) is 74.7 Å². The number of pyridine rings is 1. The van der Waals surface area contributed by atoms with Crippen molar-refractivity contribution < 1.29 is 32.6 Å². The molecule has 8 nitrogen and oxygen atoms in total. The quantitative estimate of drug-likeness (QED) is 0.747. The number of carbonyl (C=O) groups is 2. The number of rotatable bonds is 3. The topological polar surface area (TPSA) is 101 Å². The van der Waals surface area contributed by atoms with Crippen LogP contribution in [-0.2, 0) is 17.8 Å². The maximum atomic E-state index is 13.8. The Morgan fingerprint density at radius 3 is 2.66 bits per heavy atom. The molecule has 1 aliphatic carbocycles. The third-order valence-electron chi connectivity index (χ3n) is 5.87. The van der Waals surface area contributed by atoms with E-state index in [1.54, 1.807) is 0 Å². The minimum absolute atomic E-state index is 0.0737. The molecule has 166 valence electrons. The van der Waals surface area contributed by atoms with E-state index in [0.29, 0.717) is 25.0 Å². The van der Waals surface area contributed by atoms with Gasteiger partial charge in [0.1, 0.15) is 23.0 Å². The summed E-state index contributed by atoms with van der Waals surface area (Å²) in [5, 5.41) is 12.6. The Morgan fingerprint density at radius 2 is 1.94 bits per heavy atom. The predicted molar refractivity (Wildman–Crippen MR) is 102 cm³/mol. The van der Waals surface area contributed by atoms with E-state index in [1.807, 2.05) is 6.08 Å². The number of ether oxygens (including phenoxy) is 1. The number of fused-ring (bicyclic) bond motifs is 5. The summed E-state index contributed by atoms with van der Waals surface area (Å²) in [5.41, 5.74) is -2.46. The number of nitrogens with zero attached hydrogens (tertiary/aromatic N) is 2. The van der Waals surface area contributed by atoms with Crippen molar-refractivity contribution in [2.45, 2.75) is 38.2 Å². The Morgan fingerprint density at radius 1 is 1.22 bits per heavy atom. The molecule has 2 N–H and O–H groups in total. The number of amides is 2. The molecule has 5 rings (SSSR count). The van der Waals surface area contributed by atoms with Crippen LogP contribution in [0.2, 0.25) is 0 Å². The van der Waals surface area contributed by atoms with E-state index >= 15 is 0 Å². The minimum atomic E-state index is -1.20. The maximum absolute atomic E-state index is 13.8. The van der Waals surface area contributed by atoms with E-state index in [0.717, 1.165) is 12.0 Å². The lowest BCUT2D eigenvalue weighted by atomic mass is 10.1. The van der Waals surface area contributed by atoms with Crippen molar-refractivity contribution in [3.8, 4) is 5.75 Å². The summed E-state index contributed by atoms with van der Waals surface area (Å²) in [6.45, 7) is -0.586. The summed E-state index contributed by atoms with van der Waals surface area (Å²) in [6.07, 6.45) is 3.51. The number of carbonyl (C=O) groups excluding carboxylic acids is 2. The highest BCUT2D eigenvalue weighted by atomic mass is 19.1. The molecule has 0 saturated carbocycles. The average molecular weight is 447 g/mol. The highest BCUT2D eigenvalue weighted by molar-refractivity contribution is 5.99. The molecule has 2 amide bonds. The first-order chi connectivity index (χ1) is 15.2. The Hall–Kier alpha value is -3.76. The maximum Gasteiger partial charge on any atom is 0.277 e. The molecule has 3 aliphatic rings. The Bertz CT molecular complexity index is 1250. The molecule has 32 heavy (non-hydrogen) atoms. The van der Waals surface area contributed by atoms with E-state index in [9.17, 15) is 32.7 Å². The fourth-order valence-corrected chi connectivity index (χ4v) is 4.34. The first-order valence-electron chi connectivity index (χ1n) is 9.81. The van der Waals surface area contributed by atoms with Crippen LogP contribution < -0.4 is 10.7 Å². The fourth-order valence-electron chi connectivity index (χ4n) is 4.34. The van der Waals surface area contributed by atoms with Gasteiger partial charge in [-0.3, -0.25) is 19.3 Å². The molecule has 2 bridgehead atoms. The molecule has 1 fully saturated rings. The van der Waals surface area contributed by atoms with Crippen LogP contribution in [0.1, 0.15) is 39.3 Å². The molecular formula is C21H16F3N3O5. The van der Waals surface area contributed by atoms with Gasteiger partial charge in [0.25, 0.3) is 11.8 Å². The largest absolute Gasteiger partial charge is 0.503 e. The Labute approximate surface area is 178 Å². The summed E-state index contributed by atoms with van der Waals surface area (Å²) < 4.78 is 47.7. The van der Waals surface area contributed by atoms with Gasteiger partial charge in [0, 0.05) is 42.9 Å². The Kier molecular flexibility index (Phi) is 4.50. The summed E-state index contributed by atoms with van der Waals surface area (Å²) in [7, 11) is 0. The zero-order valence-electron chi connectivity index (χ0n) is 16.4. The molecule has 2 aromatic rings. The van der Waals surface area contributed by atoms with Crippen LogP contribution >= 0.6 is 0 Å². The monoisotopic (exact) mass is 447 g/mol. The number of hydrogen-bond donors (Lipinski definition) is 2. The molecular weight excluding hydrogens is 431 g/mol.